The van der Waals surface area contributed by atoms with Crippen LogP contribution in [0.5, 0.6) is 0 Å². The molecular weight excluding hydrogens is 358 g/mol. The fraction of sp³-hybridized carbons (Fsp3) is 0.909. The van der Waals surface area contributed by atoms with Crippen LogP contribution in [-0.2, 0) is 23.7 Å². The van der Waals surface area contributed by atoms with Crippen LogP contribution in [0, 0.1) is 0 Å². The summed E-state index contributed by atoms with van der Waals surface area (Å²) in [6.07, 6.45) is 12.2. The second-order valence-electron chi connectivity index (χ2n) is 8.33. The van der Waals surface area contributed by atoms with Gasteiger partial charge in [-0.3, -0.25) is 0 Å². The van der Waals surface area contributed by atoms with E-state index in [1.54, 1.807) is 6.26 Å². The maximum absolute atomic E-state index is 6.44. The minimum Gasteiger partial charge on any atom is -0.471 e. The number of rotatable bonds is 12. The minimum atomic E-state index is -0.665. The molecule has 2 saturated heterocycles. The normalized spacial score (nSPS) is 32.4. The number of nitrogens with two attached hydrogens (primary N) is 1. The third-order valence-corrected chi connectivity index (χ3v) is 5.36. The van der Waals surface area contributed by atoms with Gasteiger partial charge in [0.15, 0.2) is 5.79 Å². The summed E-state index contributed by atoms with van der Waals surface area (Å²) in [4.78, 5) is 0. The first-order valence-corrected chi connectivity index (χ1v) is 11.1. The average molecular weight is 400 g/mol. The smallest absolute Gasteiger partial charge is 0.217 e. The Hall–Kier alpha value is -0.660. The Balaban J connectivity index is 1.81. The molecule has 0 aliphatic carbocycles. The second kappa shape index (κ2) is 12.1. The Kier molecular flexibility index (Phi) is 10.2. The van der Waals surface area contributed by atoms with E-state index in [0.717, 1.165) is 6.42 Å². The highest BCUT2D eigenvalue weighted by Gasteiger charge is 2.51. The van der Waals surface area contributed by atoms with E-state index >= 15 is 0 Å². The molecule has 2 heterocycles. The van der Waals surface area contributed by atoms with E-state index in [4.69, 9.17) is 29.4 Å². The van der Waals surface area contributed by atoms with E-state index in [1.807, 2.05) is 26.8 Å². The van der Waals surface area contributed by atoms with Crippen LogP contribution < -0.4 is 5.73 Å². The summed E-state index contributed by atoms with van der Waals surface area (Å²) in [5.74, 6) is -0.665. The van der Waals surface area contributed by atoms with E-state index < -0.39 is 18.1 Å². The quantitative estimate of drug-likeness (QED) is 0.390. The molecule has 0 aromatic heterocycles. The van der Waals surface area contributed by atoms with E-state index in [2.05, 4.69) is 6.92 Å². The van der Waals surface area contributed by atoms with Crippen molar-refractivity contribution in [2.75, 3.05) is 13.2 Å². The molecule has 0 bridgehead atoms. The summed E-state index contributed by atoms with van der Waals surface area (Å²) in [7, 11) is 0. The van der Waals surface area contributed by atoms with Crippen LogP contribution in [0.4, 0.5) is 0 Å². The maximum Gasteiger partial charge on any atom is 0.217 e. The molecular formula is C22H41NO5. The van der Waals surface area contributed by atoms with Crippen molar-refractivity contribution in [3.05, 3.63) is 12.3 Å². The zero-order chi connectivity index (χ0) is 20.4. The molecule has 2 fully saturated rings. The largest absolute Gasteiger partial charge is 0.471 e. The monoisotopic (exact) mass is 399 g/mol. The molecule has 5 atom stereocenters. The summed E-state index contributed by atoms with van der Waals surface area (Å²) in [5.41, 5.74) is 6.44. The molecule has 2 aliphatic rings. The van der Waals surface area contributed by atoms with Crippen LogP contribution in [0.3, 0.4) is 0 Å². The Morgan fingerprint density at radius 3 is 2.43 bits per heavy atom. The van der Waals surface area contributed by atoms with Gasteiger partial charge in [0, 0.05) is 6.61 Å². The van der Waals surface area contributed by atoms with Crippen molar-refractivity contribution in [1.29, 1.82) is 0 Å². The number of hydrogen-bond acceptors (Lipinski definition) is 6. The molecule has 0 saturated carbocycles. The Morgan fingerprint density at radius 2 is 1.75 bits per heavy atom. The molecule has 0 amide bonds. The lowest BCUT2D eigenvalue weighted by atomic mass is 9.95. The Morgan fingerprint density at radius 1 is 1.07 bits per heavy atom. The lowest BCUT2D eigenvalue weighted by Crippen LogP contribution is -2.67. The molecule has 0 aromatic rings. The van der Waals surface area contributed by atoms with Crippen molar-refractivity contribution in [3.8, 4) is 0 Å². The van der Waals surface area contributed by atoms with Gasteiger partial charge in [-0.2, -0.15) is 0 Å². The van der Waals surface area contributed by atoms with Crippen LogP contribution in [0.1, 0.15) is 79.1 Å². The Bertz CT molecular complexity index is 456. The van der Waals surface area contributed by atoms with Gasteiger partial charge in [-0.05, 0) is 27.2 Å². The van der Waals surface area contributed by atoms with Gasteiger partial charge in [-0.25, -0.2) is 0 Å². The lowest BCUT2D eigenvalue weighted by molar-refractivity contribution is -0.366. The molecule has 6 heteroatoms. The second-order valence-corrected chi connectivity index (χ2v) is 8.33. The molecule has 2 N–H and O–H groups in total. The summed E-state index contributed by atoms with van der Waals surface area (Å²) in [5, 5.41) is 0. The van der Waals surface area contributed by atoms with Gasteiger partial charge >= 0.3 is 0 Å². The third-order valence-electron chi connectivity index (χ3n) is 5.36. The molecule has 0 aromatic carbocycles. The zero-order valence-electron chi connectivity index (χ0n) is 18.2. The van der Waals surface area contributed by atoms with Crippen molar-refractivity contribution in [1.82, 2.24) is 0 Å². The lowest BCUT2D eigenvalue weighted by Gasteiger charge is -2.50. The molecule has 2 aliphatic heterocycles. The van der Waals surface area contributed by atoms with E-state index in [1.165, 1.54) is 44.9 Å². The number of allylic oxidation sites excluding steroid dienone is 1. The minimum absolute atomic E-state index is 0.244. The van der Waals surface area contributed by atoms with Gasteiger partial charge in [0.25, 0.3) is 0 Å². The molecule has 164 valence electrons. The van der Waals surface area contributed by atoms with E-state index in [0.29, 0.717) is 13.2 Å². The fourth-order valence-electron chi connectivity index (χ4n) is 3.79. The van der Waals surface area contributed by atoms with Crippen molar-refractivity contribution in [2.45, 2.75) is 115 Å². The highest BCUT2D eigenvalue weighted by atomic mass is 16.8. The van der Waals surface area contributed by atoms with E-state index in [-0.39, 0.29) is 18.3 Å². The first kappa shape index (κ1) is 23.6. The molecule has 0 radical (unpaired) electrons. The van der Waals surface area contributed by atoms with Gasteiger partial charge in [0.2, 0.25) is 6.29 Å². The molecule has 2 rings (SSSR count). The van der Waals surface area contributed by atoms with Gasteiger partial charge in [-0.1, -0.05) is 57.9 Å². The van der Waals surface area contributed by atoms with Crippen LogP contribution in [0.15, 0.2) is 12.3 Å². The highest BCUT2D eigenvalue weighted by Crippen LogP contribution is 2.33. The third kappa shape index (κ3) is 7.30. The van der Waals surface area contributed by atoms with Crippen molar-refractivity contribution < 1.29 is 23.7 Å². The summed E-state index contributed by atoms with van der Waals surface area (Å²) in [6, 6.07) is -0.416. The highest BCUT2D eigenvalue weighted by molar-refractivity contribution is 4.97. The number of ether oxygens (including phenoxy) is 5. The predicted molar refractivity (Wildman–Crippen MR) is 110 cm³/mol. The zero-order valence-corrected chi connectivity index (χ0v) is 18.2. The molecule has 0 spiro atoms. The van der Waals surface area contributed by atoms with Gasteiger partial charge < -0.3 is 29.4 Å². The van der Waals surface area contributed by atoms with Crippen molar-refractivity contribution in [3.63, 3.8) is 0 Å². The van der Waals surface area contributed by atoms with Crippen molar-refractivity contribution in [2.24, 2.45) is 5.73 Å². The number of fused-ring (bicyclic) bond motifs is 1. The Labute approximate surface area is 171 Å². The van der Waals surface area contributed by atoms with Crippen LogP contribution >= 0.6 is 0 Å². The molecule has 28 heavy (non-hydrogen) atoms. The first-order chi connectivity index (χ1) is 13.5. The maximum atomic E-state index is 6.44. The SMILES string of the molecule is C/C=C/O[C@H]1OC2COC(C)(C)OC2C(OCCCCCCCCCC)[C@H]1N. The van der Waals surface area contributed by atoms with Crippen LogP contribution in [0.2, 0.25) is 0 Å². The summed E-state index contributed by atoms with van der Waals surface area (Å²) in [6.45, 7) is 9.08. The average Bonchev–Trinajstić information content (AvgIpc) is 2.66. The predicted octanol–water partition coefficient (Wildman–Crippen LogP) is 4.27. The van der Waals surface area contributed by atoms with Gasteiger partial charge in [0.05, 0.1) is 18.9 Å². The summed E-state index contributed by atoms with van der Waals surface area (Å²) >= 11 is 0. The van der Waals surface area contributed by atoms with Crippen LogP contribution in [-0.4, -0.2) is 49.6 Å². The topological polar surface area (TPSA) is 72.2 Å². The molecule has 3 unspecified atom stereocenters. The molecule has 6 nitrogen and oxygen atoms in total. The summed E-state index contributed by atoms with van der Waals surface area (Å²) < 4.78 is 29.7. The number of hydrogen-bond donors (Lipinski definition) is 1. The fourth-order valence-corrected chi connectivity index (χ4v) is 3.79. The van der Waals surface area contributed by atoms with Crippen LogP contribution in [0.25, 0.3) is 0 Å². The van der Waals surface area contributed by atoms with Crippen molar-refractivity contribution >= 4 is 0 Å². The first-order valence-electron chi connectivity index (χ1n) is 11.1. The number of unbranched alkanes of at least 4 members (excludes halogenated alkanes) is 7. The van der Waals surface area contributed by atoms with Gasteiger partial charge in [-0.15, -0.1) is 0 Å². The van der Waals surface area contributed by atoms with E-state index in [9.17, 15) is 0 Å². The van der Waals surface area contributed by atoms with Gasteiger partial charge in [0.1, 0.15) is 18.3 Å². The standard InChI is InChI=1S/C22H41NO5/c1-5-7-8-9-10-11-12-13-15-24-20-18(23)21(25-14-6-2)27-17-16-26-22(3,4)28-19(17)20/h6,14,17-21H,5,7-13,15-16,23H2,1-4H3/b14-6+/t17?,18-,19?,20?,21+/m1/s1.